The van der Waals surface area contributed by atoms with Crippen molar-refractivity contribution in [3.05, 3.63) is 29.8 Å². The monoisotopic (exact) mass is 411 g/mol. The predicted octanol–water partition coefficient (Wildman–Crippen LogP) is 4.30. The van der Waals surface area contributed by atoms with Crippen LogP contribution in [0.1, 0.15) is 50.5 Å². The van der Waals surface area contributed by atoms with Crippen molar-refractivity contribution in [1.29, 1.82) is 0 Å². The molecule has 2 heterocycles. The number of nitrogens with one attached hydrogen (secondary N) is 1. The lowest BCUT2D eigenvalue weighted by atomic mass is 9.91. The number of carbonyl (C=O) groups is 1. The number of hydrogen-bond acceptors (Lipinski definition) is 3. The minimum Gasteiger partial charge on any atom is -0.372 e. The van der Waals surface area contributed by atoms with Crippen LogP contribution >= 0.6 is 0 Å². The van der Waals surface area contributed by atoms with Gasteiger partial charge in [-0.05, 0) is 75.8 Å². The van der Waals surface area contributed by atoms with E-state index in [0.717, 1.165) is 82.5 Å². The Balaban J connectivity index is 1.35. The first-order chi connectivity index (χ1) is 13.9. The van der Waals surface area contributed by atoms with Crippen LogP contribution < -0.4 is 10.2 Å². The molecule has 0 aliphatic carbocycles. The molecule has 2 aliphatic rings. The zero-order valence-corrected chi connectivity index (χ0v) is 17.2. The topological polar surface area (TPSA) is 35.6 Å². The Morgan fingerprint density at radius 1 is 1.03 bits per heavy atom. The highest BCUT2D eigenvalue weighted by Gasteiger charge is 2.30. The van der Waals surface area contributed by atoms with Gasteiger partial charge in [0.25, 0.3) is 0 Å². The number of hydrogen-bond donors (Lipinski definition) is 1. The van der Waals surface area contributed by atoms with Crippen LogP contribution in [-0.2, 0) is 11.0 Å². The van der Waals surface area contributed by atoms with Crippen molar-refractivity contribution in [3.63, 3.8) is 0 Å². The van der Waals surface area contributed by atoms with Gasteiger partial charge in [-0.1, -0.05) is 0 Å². The molecule has 0 unspecified atom stereocenters. The normalized spacial score (nSPS) is 19.6. The summed E-state index contributed by atoms with van der Waals surface area (Å²) in [5.74, 6) is 0.880. The van der Waals surface area contributed by atoms with E-state index in [4.69, 9.17) is 0 Å². The summed E-state index contributed by atoms with van der Waals surface area (Å²) in [6, 6.07) is 5.99. The van der Waals surface area contributed by atoms with Crippen LogP contribution in [0.3, 0.4) is 0 Å². The first-order valence-electron chi connectivity index (χ1n) is 10.7. The van der Waals surface area contributed by atoms with Crippen molar-refractivity contribution in [2.24, 2.45) is 5.92 Å². The van der Waals surface area contributed by atoms with Crippen LogP contribution in [0.2, 0.25) is 0 Å². The van der Waals surface area contributed by atoms with Crippen LogP contribution in [-0.4, -0.2) is 50.1 Å². The van der Waals surface area contributed by atoms with Crippen LogP contribution in [0.15, 0.2) is 24.3 Å². The third-order valence-electron chi connectivity index (χ3n) is 6.43. The molecule has 2 fully saturated rings. The van der Waals surface area contributed by atoms with Crippen molar-refractivity contribution >= 4 is 11.6 Å². The first kappa shape index (κ1) is 21.9. The highest BCUT2D eigenvalue weighted by molar-refractivity contribution is 5.76. The fourth-order valence-electron chi connectivity index (χ4n) is 4.46. The molecule has 1 N–H and O–H groups in total. The van der Waals surface area contributed by atoms with E-state index in [1.807, 2.05) is 11.9 Å². The fraction of sp³-hybridized carbons (Fsp3) is 0.682. The van der Waals surface area contributed by atoms with Crippen molar-refractivity contribution in [1.82, 2.24) is 10.2 Å². The molecule has 2 aliphatic heterocycles. The average Bonchev–Trinajstić information content (AvgIpc) is 2.74. The van der Waals surface area contributed by atoms with Crippen molar-refractivity contribution < 1.29 is 18.0 Å². The van der Waals surface area contributed by atoms with Crippen LogP contribution in [0.4, 0.5) is 18.9 Å². The highest BCUT2D eigenvalue weighted by atomic mass is 19.4. The number of rotatable bonds is 6. The molecule has 1 amide bonds. The van der Waals surface area contributed by atoms with E-state index in [0.29, 0.717) is 18.4 Å². The summed E-state index contributed by atoms with van der Waals surface area (Å²) in [7, 11) is 1.98. The Labute approximate surface area is 171 Å². The van der Waals surface area contributed by atoms with Gasteiger partial charge >= 0.3 is 6.18 Å². The van der Waals surface area contributed by atoms with E-state index in [1.54, 1.807) is 12.1 Å². The summed E-state index contributed by atoms with van der Waals surface area (Å²) in [6.07, 6.45) is 2.45. The number of alkyl halides is 3. The molecule has 0 saturated carbocycles. The van der Waals surface area contributed by atoms with Gasteiger partial charge in [0, 0.05) is 44.3 Å². The van der Waals surface area contributed by atoms with Crippen molar-refractivity contribution in [3.8, 4) is 0 Å². The lowest BCUT2D eigenvalue weighted by Crippen LogP contribution is -2.43. The molecular weight excluding hydrogens is 379 g/mol. The smallest absolute Gasteiger partial charge is 0.372 e. The number of amides is 1. The second kappa shape index (κ2) is 9.83. The van der Waals surface area contributed by atoms with Crippen LogP contribution in [0.5, 0.6) is 0 Å². The van der Waals surface area contributed by atoms with Gasteiger partial charge in [-0.25, -0.2) is 0 Å². The molecule has 1 aromatic rings. The molecular formula is C22H32F3N3O. The standard InChI is InChI=1S/C22H32F3N3O/c1-26-19-11-15-28(16-12-19)21(29)4-2-3-17-9-13-27(14-10-17)20-7-5-18(6-8-20)22(23,24)25/h5-8,17,19,26H,2-4,9-16H2,1H3. The number of nitrogens with zero attached hydrogens (tertiary/aromatic N) is 2. The van der Waals surface area contributed by atoms with Gasteiger partial charge in [0.15, 0.2) is 0 Å². The number of carbonyl (C=O) groups excluding carboxylic acids is 1. The third kappa shape index (κ3) is 6.11. The van der Waals surface area contributed by atoms with E-state index in [2.05, 4.69) is 10.2 Å². The second-order valence-electron chi connectivity index (χ2n) is 8.31. The molecule has 0 aromatic heterocycles. The van der Waals surface area contributed by atoms with E-state index >= 15 is 0 Å². The molecule has 0 atom stereocenters. The molecule has 0 bridgehead atoms. The Morgan fingerprint density at radius 3 is 2.21 bits per heavy atom. The molecule has 2 saturated heterocycles. The minimum atomic E-state index is -4.29. The SMILES string of the molecule is CNC1CCN(C(=O)CCCC2CCN(c3ccc(C(F)(F)F)cc3)CC2)CC1. The van der Waals surface area contributed by atoms with Gasteiger partial charge < -0.3 is 15.1 Å². The zero-order chi connectivity index (χ0) is 20.9. The zero-order valence-electron chi connectivity index (χ0n) is 17.2. The second-order valence-corrected chi connectivity index (χ2v) is 8.31. The number of anilines is 1. The molecule has 0 spiro atoms. The summed E-state index contributed by atoms with van der Waals surface area (Å²) >= 11 is 0. The molecule has 4 nitrogen and oxygen atoms in total. The Morgan fingerprint density at radius 2 is 1.66 bits per heavy atom. The molecule has 3 rings (SSSR count). The van der Waals surface area contributed by atoms with E-state index in [1.165, 1.54) is 0 Å². The summed E-state index contributed by atoms with van der Waals surface area (Å²) in [4.78, 5) is 16.5. The van der Waals surface area contributed by atoms with E-state index < -0.39 is 11.7 Å². The molecule has 7 heteroatoms. The summed E-state index contributed by atoms with van der Waals surface area (Å²) in [6.45, 7) is 3.44. The summed E-state index contributed by atoms with van der Waals surface area (Å²) in [5.41, 5.74) is 0.257. The summed E-state index contributed by atoms with van der Waals surface area (Å²) in [5, 5.41) is 3.28. The first-order valence-corrected chi connectivity index (χ1v) is 10.7. The quantitative estimate of drug-likeness (QED) is 0.758. The minimum absolute atomic E-state index is 0.279. The maximum absolute atomic E-state index is 12.7. The maximum atomic E-state index is 12.7. The highest BCUT2D eigenvalue weighted by Crippen LogP contribution is 2.32. The predicted molar refractivity (Wildman–Crippen MR) is 109 cm³/mol. The van der Waals surface area contributed by atoms with Gasteiger partial charge in [-0.2, -0.15) is 13.2 Å². The molecule has 29 heavy (non-hydrogen) atoms. The number of benzene rings is 1. The van der Waals surface area contributed by atoms with Gasteiger partial charge in [-0.3, -0.25) is 4.79 Å². The Kier molecular flexibility index (Phi) is 7.44. The largest absolute Gasteiger partial charge is 0.416 e. The van der Waals surface area contributed by atoms with Crippen molar-refractivity contribution in [2.75, 3.05) is 38.1 Å². The lowest BCUT2D eigenvalue weighted by molar-refractivity contribution is -0.137. The van der Waals surface area contributed by atoms with Gasteiger partial charge in [0.2, 0.25) is 5.91 Å². The number of piperidine rings is 2. The van der Waals surface area contributed by atoms with Gasteiger partial charge in [0.05, 0.1) is 5.56 Å². The third-order valence-corrected chi connectivity index (χ3v) is 6.43. The van der Waals surface area contributed by atoms with Gasteiger partial charge in [-0.15, -0.1) is 0 Å². The fourth-order valence-corrected chi connectivity index (χ4v) is 4.46. The van der Waals surface area contributed by atoms with Crippen LogP contribution in [0.25, 0.3) is 0 Å². The maximum Gasteiger partial charge on any atom is 0.416 e. The number of likely N-dealkylation sites (tertiary alicyclic amines) is 1. The average molecular weight is 412 g/mol. The lowest BCUT2D eigenvalue weighted by Gasteiger charge is -2.34. The Hall–Kier alpha value is -1.76. The van der Waals surface area contributed by atoms with Crippen molar-refractivity contribution in [2.45, 2.75) is 57.2 Å². The summed E-state index contributed by atoms with van der Waals surface area (Å²) < 4.78 is 38.1. The molecule has 1 aromatic carbocycles. The van der Waals surface area contributed by atoms with E-state index in [9.17, 15) is 18.0 Å². The molecule has 162 valence electrons. The van der Waals surface area contributed by atoms with Gasteiger partial charge in [0.1, 0.15) is 0 Å². The number of halogens is 3. The van der Waals surface area contributed by atoms with E-state index in [-0.39, 0.29) is 5.91 Å². The Bertz CT molecular complexity index is 646. The van der Waals surface area contributed by atoms with Crippen LogP contribution in [0, 0.1) is 5.92 Å². The molecule has 0 radical (unpaired) electrons.